The number of anilines is 2. The predicted octanol–water partition coefficient (Wildman–Crippen LogP) is 4.91. The number of halogens is 2. The number of hydrogen-bond donors (Lipinski definition) is 1. The minimum absolute atomic E-state index is 0.569. The Balaban J connectivity index is 2.02. The average Bonchev–Trinajstić information content (AvgIpc) is 2.91. The third-order valence-corrected chi connectivity index (χ3v) is 4.74. The summed E-state index contributed by atoms with van der Waals surface area (Å²) in [5, 5.41) is 13.2. The third kappa shape index (κ3) is 2.76. The molecule has 1 aliphatic rings. The minimum Gasteiger partial charge on any atom is -0.338 e. The second-order valence-electron chi connectivity index (χ2n) is 5.16. The molecule has 1 N–H and O–H groups in total. The Labute approximate surface area is 137 Å². The Hall–Kier alpha value is -1.57. The standard InChI is InChI=1S/C16H13BrClN3/c1-9-5-12(17)15(7-13(9)18)21-16-11(8-19)6-10-3-2-4-14(10)20-16/h5-7H,2-4H2,1H3,(H,20,21). The maximum absolute atomic E-state index is 9.33. The van der Waals surface area contributed by atoms with Crippen molar-refractivity contribution in [3.05, 3.63) is 50.1 Å². The molecule has 1 aromatic heterocycles. The first-order valence-electron chi connectivity index (χ1n) is 6.74. The monoisotopic (exact) mass is 361 g/mol. The van der Waals surface area contributed by atoms with Crippen LogP contribution in [0.5, 0.6) is 0 Å². The predicted molar refractivity (Wildman–Crippen MR) is 88.1 cm³/mol. The van der Waals surface area contributed by atoms with Crippen LogP contribution in [0.4, 0.5) is 11.5 Å². The topological polar surface area (TPSA) is 48.7 Å². The number of benzene rings is 1. The van der Waals surface area contributed by atoms with E-state index in [4.69, 9.17) is 11.6 Å². The number of rotatable bonds is 2. The lowest BCUT2D eigenvalue weighted by molar-refractivity contribution is 0.900. The molecular weight excluding hydrogens is 350 g/mol. The number of nitrogens with zero attached hydrogens (tertiary/aromatic N) is 2. The lowest BCUT2D eigenvalue weighted by atomic mass is 10.1. The number of nitriles is 1. The number of aryl methyl sites for hydroxylation is 3. The van der Waals surface area contributed by atoms with Gasteiger partial charge in [-0.25, -0.2) is 4.98 Å². The van der Waals surface area contributed by atoms with Crippen LogP contribution in [-0.4, -0.2) is 4.98 Å². The van der Waals surface area contributed by atoms with Crippen molar-refractivity contribution >= 4 is 39.0 Å². The van der Waals surface area contributed by atoms with Crippen molar-refractivity contribution in [2.45, 2.75) is 26.2 Å². The summed E-state index contributed by atoms with van der Waals surface area (Å²) in [6.45, 7) is 1.95. The van der Waals surface area contributed by atoms with Crippen molar-refractivity contribution in [1.82, 2.24) is 4.98 Å². The molecule has 0 radical (unpaired) electrons. The zero-order valence-electron chi connectivity index (χ0n) is 11.5. The van der Waals surface area contributed by atoms with Gasteiger partial charge in [-0.15, -0.1) is 0 Å². The molecule has 0 unspecified atom stereocenters. The first-order chi connectivity index (χ1) is 10.1. The molecule has 3 nitrogen and oxygen atoms in total. The van der Waals surface area contributed by atoms with Gasteiger partial charge in [-0.3, -0.25) is 0 Å². The minimum atomic E-state index is 0.569. The number of fused-ring (bicyclic) bond motifs is 1. The summed E-state index contributed by atoms with van der Waals surface area (Å²) in [6, 6.07) is 7.96. The Morgan fingerprint density at radius 3 is 2.90 bits per heavy atom. The number of nitrogens with one attached hydrogen (secondary N) is 1. The second-order valence-corrected chi connectivity index (χ2v) is 6.42. The van der Waals surface area contributed by atoms with Crippen LogP contribution in [0.25, 0.3) is 0 Å². The van der Waals surface area contributed by atoms with Crippen molar-refractivity contribution in [2.24, 2.45) is 0 Å². The molecule has 0 saturated heterocycles. The molecular formula is C16H13BrClN3. The van der Waals surface area contributed by atoms with E-state index in [1.54, 1.807) is 0 Å². The lowest BCUT2D eigenvalue weighted by Gasteiger charge is -2.12. The molecule has 0 amide bonds. The van der Waals surface area contributed by atoms with Crippen molar-refractivity contribution in [3.8, 4) is 6.07 Å². The van der Waals surface area contributed by atoms with Gasteiger partial charge >= 0.3 is 0 Å². The van der Waals surface area contributed by atoms with Crippen LogP contribution >= 0.6 is 27.5 Å². The SMILES string of the molecule is Cc1cc(Br)c(Nc2nc3c(cc2C#N)CCC3)cc1Cl. The van der Waals surface area contributed by atoms with Gasteiger partial charge in [-0.2, -0.15) is 5.26 Å². The summed E-state index contributed by atoms with van der Waals surface area (Å²) in [5.74, 6) is 0.596. The van der Waals surface area contributed by atoms with E-state index in [0.717, 1.165) is 40.7 Å². The van der Waals surface area contributed by atoms with Crippen molar-refractivity contribution < 1.29 is 0 Å². The molecule has 0 aliphatic heterocycles. The van der Waals surface area contributed by atoms with Gasteiger partial charge < -0.3 is 5.32 Å². The fourth-order valence-electron chi connectivity index (χ4n) is 2.52. The fraction of sp³-hybridized carbons (Fsp3) is 0.250. The molecule has 0 saturated carbocycles. The summed E-state index contributed by atoms with van der Waals surface area (Å²) in [7, 11) is 0. The van der Waals surface area contributed by atoms with Crippen molar-refractivity contribution in [2.75, 3.05) is 5.32 Å². The quantitative estimate of drug-likeness (QED) is 0.825. The zero-order chi connectivity index (χ0) is 15.0. The van der Waals surface area contributed by atoms with Gasteiger partial charge in [-0.1, -0.05) is 11.6 Å². The first-order valence-corrected chi connectivity index (χ1v) is 7.91. The molecule has 1 aliphatic carbocycles. The smallest absolute Gasteiger partial charge is 0.148 e. The molecule has 21 heavy (non-hydrogen) atoms. The van der Waals surface area contributed by atoms with Gasteiger partial charge in [0.1, 0.15) is 11.9 Å². The van der Waals surface area contributed by atoms with E-state index < -0.39 is 0 Å². The molecule has 2 aromatic rings. The number of pyridine rings is 1. The molecule has 1 aromatic carbocycles. The maximum atomic E-state index is 9.33. The lowest BCUT2D eigenvalue weighted by Crippen LogP contribution is -2.01. The number of aromatic nitrogens is 1. The first kappa shape index (κ1) is 14.4. The number of hydrogen-bond acceptors (Lipinski definition) is 3. The summed E-state index contributed by atoms with van der Waals surface area (Å²) < 4.78 is 0.899. The van der Waals surface area contributed by atoms with E-state index in [9.17, 15) is 5.26 Å². The molecule has 0 atom stereocenters. The fourth-order valence-corrected chi connectivity index (χ4v) is 3.24. The van der Waals surface area contributed by atoms with Crippen LogP contribution in [0.15, 0.2) is 22.7 Å². The van der Waals surface area contributed by atoms with E-state index in [-0.39, 0.29) is 0 Å². The third-order valence-electron chi connectivity index (χ3n) is 3.67. The van der Waals surface area contributed by atoms with Crippen LogP contribution in [0.2, 0.25) is 5.02 Å². The molecule has 5 heteroatoms. The normalized spacial score (nSPS) is 12.9. The Bertz CT molecular complexity index is 765. The van der Waals surface area contributed by atoms with Crippen LogP contribution in [0.1, 0.15) is 28.8 Å². The van der Waals surface area contributed by atoms with Gasteiger partial charge in [0.25, 0.3) is 0 Å². The highest BCUT2D eigenvalue weighted by molar-refractivity contribution is 9.10. The molecule has 106 valence electrons. The van der Waals surface area contributed by atoms with Crippen LogP contribution in [-0.2, 0) is 12.8 Å². The maximum Gasteiger partial charge on any atom is 0.148 e. The van der Waals surface area contributed by atoms with E-state index >= 15 is 0 Å². The molecule has 0 fully saturated rings. The molecule has 0 bridgehead atoms. The summed E-state index contributed by atoms with van der Waals surface area (Å²) in [6.07, 6.45) is 3.10. The van der Waals surface area contributed by atoms with Gasteiger partial charge in [0.05, 0.1) is 11.3 Å². The average molecular weight is 363 g/mol. The summed E-state index contributed by atoms with van der Waals surface area (Å²) >= 11 is 9.69. The second kappa shape index (κ2) is 5.67. The van der Waals surface area contributed by atoms with E-state index in [2.05, 4.69) is 32.3 Å². The highest BCUT2D eigenvalue weighted by atomic mass is 79.9. The Kier molecular flexibility index (Phi) is 3.88. The highest BCUT2D eigenvalue weighted by Crippen LogP contribution is 2.33. The van der Waals surface area contributed by atoms with Gasteiger partial charge in [-0.05, 0) is 71.4 Å². The van der Waals surface area contributed by atoms with Gasteiger partial charge in [0, 0.05) is 15.2 Å². The van der Waals surface area contributed by atoms with Crippen molar-refractivity contribution in [3.63, 3.8) is 0 Å². The largest absolute Gasteiger partial charge is 0.338 e. The van der Waals surface area contributed by atoms with Crippen molar-refractivity contribution in [1.29, 1.82) is 5.26 Å². The zero-order valence-corrected chi connectivity index (χ0v) is 13.8. The Morgan fingerprint density at radius 1 is 1.33 bits per heavy atom. The molecule has 3 rings (SSSR count). The van der Waals surface area contributed by atoms with E-state index in [1.807, 2.05) is 25.1 Å². The highest BCUT2D eigenvalue weighted by Gasteiger charge is 2.17. The van der Waals surface area contributed by atoms with E-state index in [1.165, 1.54) is 5.56 Å². The summed E-state index contributed by atoms with van der Waals surface area (Å²) in [5.41, 5.74) is 4.66. The van der Waals surface area contributed by atoms with E-state index in [0.29, 0.717) is 16.4 Å². The van der Waals surface area contributed by atoms with Gasteiger partial charge in [0.2, 0.25) is 0 Å². The van der Waals surface area contributed by atoms with Crippen LogP contribution in [0, 0.1) is 18.3 Å². The van der Waals surface area contributed by atoms with Crippen LogP contribution in [0.3, 0.4) is 0 Å². The van der Waals surface area contributed by atoms with Gasteiger partial charge in [0.15, 0.2) is 0 Å². The molecule has 1 heterocycles. The van der Waals surface area contributed by atoms with Crippen LogP contribution < -0.4 is 5.32 Å². The summed E-state index contributed by atoms with van der Waals surface area (Å²) in [4.78, 5) is 4.62. The molecule has 0 spiro atoms. The Morgan fingerprint density at radius 2 is 2.14 bits per heavy atom.